The standard InChI is InChI=1S/C30H27ClN2O5/c1-30(2,3)38-29(37)19-9-7-18(8-10-19)13-22(34)17-33-25-5-4-6-26(35)28(25)24(15-27(33)36)23-14-21(31)12-11-20(23)16-32/h7-12,14-15H,4-6,13,17H2,1-3H3. The number of carbonyl (C=O) groups excluding carboxylic acids is 3. The molecule has 0 bridgehead atoms. The molecule has 0 saturated heterocycles. The Bertz CT molecular complexity index is 1540. The minimum atomic E-state index is -0.613. The molecule has 194 valence electrons. The molecule has 8 heteroatoms. The highest BCUT2D eigenvalue weighted by molar-refractivity contribution is 6.31. The van der Waals surface area contributed by atoms with Gasteiger partial charge >= 0.3 is 5.97 Å². The third-order valence-electron chi connectivity index (χ3n) is 6.23. The zero-order valence-electron chi connectivity index (χ0n) is 21.5. The van der Waals surface area contributed by atoms with Gasteiger partial charge in [0, 0.05) is 46.3 Å². The van der Waals surface area contributed by atoms with Crippen LogP contribution in [0.2, 0.25) is 5.02 Å². The first kappa shape index (κ1) is 27.0. The summed E-state index contributed by atoms with van der Waals surface area (Å²) >= 11 is 6.17. The monoisotopic (exact) mass is 530 g/mol. The maximum atomic E-state index is 13.2. The Morgan fingerprint density at radius 1 is 1.03 bits per heavy atom. The predicted molar refractivity (Wildman–Crippen MR) is 143 cm³/mol. The lowest BCUT2D eigenvalue weighted by Crippen LogP contribution is -2.32. The summed E-state index contributed by atoms with van der Waals surface area (Å²) in [4.78, 5) is 51.5. The molecule has 0 spiro atoms. The Hall–Kier alpha value is -4.02. The summed E-state index contributed by atoms with van der Waals surface area (Å²) in [6.07, 6.45) is 1.40. The highest BCUT2D eigenvalue weighted by Crippen LogP contribution is 2.34. The molecule has 0 saturated carbocycles. The number of aromatic nitrogens is 1. The van der Waals surface area contributed by atoms with E-state index < -0.39 is 17.1 Å². The summed E-state index contributed by atoms with van der Waals surface area (Å²) in [6, 6.07) is 14.7. The number of esters is 1. The second-order valence-corrected chi connectivity index (χ2v) is 10.7. The molecule has 1 aromatic heterocycles. The first-order valence-electron chi connectivity index (χ1n) is 12.3. The van der Waals surface area contributed by atoms with Crippen LogP contribution in [-0.2, 0) is 28.9 Å². The van der Waals surface area contributed by atoms with E-state index in [2.05, 4.69) is 6.07 Å². The highest BCUT2D eigenvalue weighted by atomic mass is 35.5. The van der Waals surface area contributed by atoms with Gasteiger partial charge in [-0.15, -0.1) is 0 Å². The van der Waals surface area contributed by atoms with Gasteiger partial charge in [0.05, 0.1) is 23.7 Å². The van der Waals surface area contributed by atoms with Gasteiger partial charge in [0.25, 0.3) is 5.56 Å². The zero-order valence-corrected chi connectivity index (χ0v) is 22.2. The summed E-state index contributed by atoms with van der Waals surface area (Å²) in [5.41, 5.74) is 2.00. The molecule has 0 fully saturated rings. The largest absolute Gasteiger partial charge is 0.456 e. The van der Waals surface area contributed by atoms with Crippen molar-refractivity contribution in [1.29, 1.82) is 5.26 Å². The number of benzene rings is 2. The number of carbonyl (C=O) groups is 3. The molecule has 0 N–H and O–H groups in total. The lowest BCUT2D eigenvalue weighted by atomic mass is 9.86. The van der Waals surface area contributed by atoms with Crippen molar-refractivity contribution in [3.05, 3.63) is 91.9 Å². The smallest absolute Gasteiger partial charge is 0.338 e. The lowest BCUT2D eigenvalue weighted by molar-refractivity contribution is -0.119. The Balaban J connectivity index is 1.63. The molecule has 0 amide bonds. The maximum Gasteiger partial charge on any atom is 0.338 e. The third kappa shape index (κ3) is 5.92. The Labute approximate surface area is 225 Å². The average molecular weight is 531 g/mol. The van der Waals surface area contributed by atoms with E-state index in [9.17, 15) is 24.4 Å². The fourth-order valence-corrected chi connectivity index (χ4v) is 4.76. The van der Waals surface area contributed by atoms with Crippen LogP contribution in [0.25, 0.3) is 11.1 Å². The van der Waals surface area contributed by atoms with Gasteiger partial charge in [0.15, 0.2) is 11.6 Å². The zero-order chi connectivity index (χ0) is 27.6. The number of pyridine rings is 1. The molecular formula is C30H27ClN2O5. The van der Waals surface area contributed by atoms with Gasteiger partial charge in [-0.05, 0) is 69.5 Å². The average Bonchev–Trinajstić information content (AvgIpc) is 2.85. The van der Waals surface area contributed by atoms with Crippen molar-refractivity contribution in [2.45, 2.75) is 58.6 Å². The summed E-state index contributed by atoms with van der Waals surface area (Å²) in [7, 11) is 0. The predicted octanol–water partition coefficient (Wildman–Crippen LogP) is 5.33. The number of ether oxygens (including phenoxy) is 1. The van der Waals surface area contributed by atoms with Crippen LogP contribution in [0, 0.1) is 11.3 Å². The van der Waals surface area contributed by atoms with Crippen molar-refractivity contribution in [3.63, 3.8) is 0 Å². The number of Topliss-reactive ketones (excluding diaryl/α,β-unsaturated/α-hetero) is 2. The van der Waals surface area contributed by atoms with E-state index in [0.29, 0.717) is 63.4 Å². The summed E-state index contributed by atoms with van der Waals surface area (Å²) in [5, 5.41) is 9.97. The molecule has 38 heavy (non-hydrogen) atoms. The van der Waals surface area contributed by atoms with Crippen molar-refractivity contribution in [2.75, 3.05) is 0 Å². The molecule has 1 aliphatic rings. The fraction of sp³-hybridized carbons (Fsp3) is 0.300. The van der Waals surface area contributed by atoms with E-state index in [1.54, 1.807) is 63.2 Å². The number of rotatable bonds is 6. The normalized spacial score (nSPS) is 13.0. The van der Waals surface area contributed by atoms with Crippen molar-refractivity contribution in [1.82, 2.24) is 4.57 Å². The molecule has 1 aliphatic carbocycles. The van der Waals surface area contributed by atoms with Crippen LogP contribution in [-0.4, -0.2) is 27.7 Å². The Kier molecular flexibility index (Phi) is 7.66. The molecule has 1 heterocycles. The molecule has 0 atom stereocenters. The summed E-state index contributed by atoms with van der Waals surface area (Å²) in [5.74, 6) is -0.799. The molecule has 0 radical (unpaired) electrons. The number of hydrogen-bond acceptors (Lipinski definition) is 6. The van der Waals surface area contributed by atoms with Crippen LogP contribution < -0.4 is 5.56 Å². The van der Waals surface area contributed by atoms with E-state index in [4.69, 9.17) is 16.3 Å². The van der Waals surface area contributed by atoms with Gasteiger partial charge in [0.1, 0.15) is 5.60 Å². The van der Waals surface area contributed by atoms with Crippen molar-refractivity contribution in [3.8, 4) is 17.2 Å². The Morgan fingerprint density at radius 3 is 2.39 bits per heavy atom. The number of nitriles is 1. The van der Waals surface area contributed by atoms with E-state index in [1.165, 1.54) is 10.6 Å². The number of hydrogen-bond donors (Lipinski definition) is 0. The third-order valence-corrected chi connectivity index (χ3v) is 6.47. The molecule has 7 nitrogen and oxygen atoms in total. The second kappa shape index (κ2) is 10.8. The van der Waals surface area contributed by atoms with E-state index >= 15 is 0 Å². The van der Waals surface area contributed by atoms with Gasteiger partial charge in [-0.2, -0.15) is 5.26 Å². The topological polar surface area (TPSA) is 106 Å². The molecule has 3 aromatic rings. The van der Waals surface area contributed by atoms with Crippen LogP contribution in [0.1, 0.15) is 71.1 Å². The quantitative estimate of drug-likeness (QED) is 0.399. The lowest BCUT2D eigenvalue weighted by Gasteiger charge is -2.23. The highest BCUT2D eigenvalue weighted by Gasteiger charge is 2.27. The minimum Gasteiger partial charge on any atom is -0.456 e. The molecule has 0 unspecified atom stereocenters. The fourth-order valence-electron chi connectivity index (χ4n) is 4.59. The molecular weight excluding hydrogens is 504 g/mol. The van der Waals surface area contributed by atoms with Gasteiger partial charge in [-0.3, -0.25) is 14.4 Å². The van der Waals surface area contributed by atoms with E-state index in [0.717, 1.165) is 0 Å². The second-order valence-electron chi connectivity index (χ2n) is 10.3. The van der Waals surface area contributed by atoms with Gasteiger partial charge in [0.2, 0.25) is 0 Å². The number of halogens is 1. The maximum absolute atomic E-state index is 13.2. The first-order chi connectivity index (χ1) is 18.0. The first-order valence-corrected chi connectivity index (χ1v) is 12.7. The Morgan fingerprint density at radius 2 is 1.74 bits per heavy atom. The SMILES string of the molecule is CC(C)(C)OC(=O)c1ccc(CC(=O)Cn2c3c(c(-c4cc(Cl)ccc4C#N)cc2=O)C(=O)CCC3)cc1. The van der Waals surface area contributed by atoms with Crippen molar-refractivity contribution < 1.29 is 19.1 Å². The van der Waals surface area contributed by atoms with Crippen LogP contribution in [0.4, 0.5) is 0 Å². The van der Waals surface area contributed by atoms with Gasteiger partial charge < -0.3 is 9.30 Å². The van der Waals surface area contributed by atoms with Gasteiger partial charge in [-0.25, -0.2) is 4.79 Å². The number of ketones is 2. The minimum absolute atomic E-state index is 0.0540. The van der Waals surface area contributed by atoms with Crippen LogP contribution in [0.3, 0.4) is 0 Å². The van der Waals surface area contributed by atoms with Gasteiger partial charge in [-0.1, -0.05) is 23.7 Å². The number of fused-ring (bicyclic) bond motifs is 1. The van der Waals surface area contributed by atoms with Crippen LogP contribution in [0.15, 0.2) is 53.3 Å². The summed E-state index contributed by atoms with van der Waals surface area (Å²) < 4.78 is 6.73. The van der Waals surface area contributed by atoms with E-state index in [-0.39, 0.29) is 24.5 Å². The molecule has 2 aromatic carbocycles. The van der Waals surface area contributed by atoms with Crippen molar-refractivity contribution in [2.24, 2.45) is 0 Å². The van der Waals surface area contributed by atoms with Crippen LogP contribution >= 0.6 is 11.6 Å². The molecule has 4 rings (SSSR count). The molecule has 0 aliphatic heterocycles. The van der Waals surface area contributed by atoms with E-state index in [1.807, 2.05) is 0 Å². The number of nitrogens with zero attached hydrogens (tertiary/aromatic N) is 2. The summed E-state index contributed by atoms with van der Waals surface area (Å²) in [6.45, 7) is 5.17. The van der Waals surface area contributed by atoms with Crippen molar-refractivity contribution >= 4 is 29.1 Å². The van der Waals surface area contributed by atoms with Crippen LogP contribution in [0.5, 0.6) is 0 Å².